The summed E-state index contributed by atoms with van der Waals surface area (Å²) < 4.78 is 10.6. The second-order valence-electron chi connectivity index (χ2n) is 13.3. The minimum Gasteiger partial charge on any atom is -0.462 e. The zero-order chi connectivity index (χ0) is 35.0. The van der Waals surface area contributed by atoms with Gasteiger partial charge in [0.15, 0.2) is 6.10 Å². The van der Waals surface area contributed by atoms with E-state index in [0.717, 1.165) is 64.2 Å². The minimum atomic E-state index is -0.778. The smallest absolute Gasteiger partial charge is 0.306 e. The van der Waals surface area contributed by atoms with Gasteiger partial charge in [-0.05, 0) is 70.6 Å². The Labute approximate surface area is 297 Å². The van der Waals surface area contributed by atoms with Gasteiger partial charge in [-0.1, -0.05) is 159 Å². The molecule has 0 amide bonds. The van der Waals surface area contributed by atoms with Crippen LogP contribution in [0.15, 0.2) is 48.6 Å². The van der Waals surface area contributed by atoms with Crippen LogP contribution in [0.5, 0.6) is 0 Å². The fourth-order valence-electron chi connectivity index (χ4n) is 5.56. The van der Waals surface area contributed by atoms with Crippen molar-refractivity contribution < 1.29 is 24.2 Å². The molecule has 0 bridgehead atoms. The van der Waals surface area contributed by atoms with Gasteiger partial charge in [0, 0.05) is 12.8 Å². The van der Waals surface area contributed by atoms with Crippen molar-refractivity contribution in [1.82, 2.24) is 0 Å². The average molecular weight is 673 g/mol. The van der Waals surface area contributed by atoms with Crippen molar-refractivity contribution >= 4 is 11.9 Å². The maximum Gasteiger partial charge on any atom is 0.306 e. The first kappa shape index (κ1) is 45.9. The highest BCUT2D eigenvalue weighted by atomic mass is 16.6. The Balaban J connectivity index is 3.57. The first-order valence-electron chi connectivity index (χ1n) is 20.2. The number of rotatable bonds is 36. The van der Waals surface area contributed by atoms with Crippen LogP contribution in [0.2, 0.25) is 0 Å². The Morgan fingerprint density at radius 1 is 0.500 bits per heavy atom. The fourth-order valence-corrected chi connectivity index (χ4v) is 5.56. The molecule has 1 N–H and O–H groups in total. The van der Waals surface area contributed by atoms with E-state index >= 15 is 0 Å². The summed E-state index contributed by atoms with van der Waals surface area (Å²) in [7, 11) is 0. The van der Waals surface area contributed by atoms with Gasteiger partial charge in [-0.2, -0.15) is 0 Å². The maximum atomic E-state index is 12.2. The molecule has 0 saturated carbocycles. The van der Waals surface area contributed by atoms with E-state index in [0.29, 0.717) is 12.8 Å². The Morgan fingerprint density at radius 3 is 1.38 bits per heavy atom. The van der Waals surface area contributed by atoms with Gasteiger partial charge in [-0.3, -0.25) is 9.59 Å². The molecule has 0 aromatic rings. The standard InChI is InChI=1S/C43H76O5/c1-3-5-7-9-11-13-15-17-19-21-23-25-27-29-31-33-35-37-42(45)47-40-41(39-44)48-43(46)38-36-34-32-30-28-26-24-22-20-18-16-14-12-10-8-6-4-2/h6,8,12,14,17-20,41,44H,3-5,7,9-11,13,15-16,21-40H2,1-2H3/b8-6-,14-12-,19-17-,20-18-. The van der Waals surface area contributed by atoms with Gasteiger partial charge in [0.2, 0.25) is 0 Å². The third-order valence-electron chi connectivity index (χ3n) is 8.61. The van der Waals surface area contributed by atoms with Gasteiger partial charge < -0.3 is 14.6 Å². The second kappa shape index (κ2) is 39.3. The molecule has 0 heterocycles. The van der Waals surface area contributed by atoms with E-state index in [4.69, 9.17) is 9.47 Å². The molecule has 48 heavy (non-hydrogen) atoms. The van der Waals surface area contributed by atoms with Crippen LogP contribution < -0.4 is 0 Å². The van der Waals surface area contributed by atoms with Crippen molar-refractivity contribution in [3.8, 4) is 0 Å². The van der Waals surface area contributed by atoms with Crippen molar-refractivity contribution in [3.05, 3.63) is 48.6 Å². The highest BCUT2D eigenvalue weighted by molar-refractivity contribution is 5.70. The Morgan fingerprint density at radius 2 is 0.896 bits per heavy atom. The normalized spacial score (nSPS) is 12.6. The SMILES string of the molecule is CC/C=C\C/C=C\C/C=C\CCCCCCCCCC(=O)OC(CO)COC(=O)CCCCCCCCC/C=C\CCCCCCCC. The molecule has 0 radical (unpaired) electrons. The number of carbonyl (C=O) groups is 2. The predicted molar refractivity (Wildman–Crippen MR) is 205 cm³/mol. The lowest BCUT2D eigenvalue weighted by Crippen LogP contribution is -2.28. The first-order valence-corrected chi connectivity index (χ1v) is 20.2. The Hall–Kier alpha value is -2.14. The zero-order valence-electron chi connectivity index (χ0n) is 31.5. The van der Waals surface area contributed by atoms with Crippen LogP contribution in [0, 0.1) is 0 Å². The number of ether oxygens (including phenoxy) is 2. The molecule has 0 fully saturated rings. The van der Waals surface area contributed by atoms with Crippen LogP contribution in [-0.4, -0.2) is 36.4 Å². The summed E-state index contributed by atoms with van der Waals surface area (Å²) in [6, 6.07) is 0. The lowest BCUT2D eigenvalue weighted by atomic mass is 10.1. The highest BCUT2D eigenvalue weighted by Crippen LogP contribution is 2.13. The molecule has 0 aliphatic heterocycles. The number of allylic oxidation sites excluding steroid dienone is 8. The Bertz CT molecular complexity index is 812. The van der Waals surface area contributed by atoms with Crippen molar-refractivity contribution in [2.45, 2.75) is 200 Å². The number of carbonyl (C=O) groups excluding carboxylic acids is 2. The van der Waals surface area contributed by atoms with Gasteiger partial charge in [0.1, 0.15) is 6.61 Å². The molecule has 0 aliphatic rings. The quantitative estimate of drug-likeness (QED) is 0.0407. The van der Waals surface area contributed by atoms with Crippen molar-refractivity contribution in [1.29, 1.82) is 0 Å². The summed E-state index contributed by atoms with van der Waals surface area (Å²) in [5.41, 5.74) is 0. The monoisotopic (exact) mass is 673 g/mol. The highest BCUT2D eigenvalue weighted by Gasteiger charge is 2.16. The summed E-state index contributed by atoms with van der Waals surface area (Å²) in [4.78, 5) is 24.3. The fraction of sp³-hybridized carbons (Fsp3) is 0.767. The topological polar surface area (TPSA) is 72.8 Å². The van der Waals surface area contributed by atoms with E-state index in [1.807, 2.05) is 0 Å². The van der Waals surface area contributed by atoms with E-state index in [1.165, 1.54) is 103 Å². The molecule has 0 aromatic heterocycles. The predicted octanol–water partition coefficient (Wildman–Crippen LogP) is 12.6. The van der Waals surface area contributed by atoms with Crippen LogP contribution in [-0.2, 0) is 19.1 Å². The first-order chi connectivity index (χ1) is 23.6. The van der Waals surface area contributed by atoms with Gasteiger partial charge in [0.05, 0.1) is 6.61 Å². The molecule has 1 unspecified atom stereocenters. The summed E-state index contributed by atoms with van der Waals surface area (Å²) >= 11 is 0. The summed E-state index contributed by atoms with van der Waals surface area (Å²) in [6.45, 7) is 4.01. The molecule has 0 aliphatic carbocycles. The van der Waals surface area contributed by atoms with Gasteiger partial charge in [0.25, 0.3) is 0 Å². The third kappa shape index (κ3) is 36.7. The van der Waals surface area contributed by atoms with Crippen molar-refractivity contribution in [2.75, 3.05) is 13.2 Å². The van der Waals surface area contributed by atoms with E-state index in [2.05, 4.69) is 62.5 Å². The average Bonchev–Trinajstić information content (AvgIpc) is 3.09. The molecule has 0 rings (SSSR count). The van der Waals surface area contributed by atoms with Gasteiger partial charge >= 0.3 is 11.9 Å². The molecule has 278 valence electrons. The van der Waals surface area contributed by atoms with Gasteiger partial charge in [-0.15, -0.1) is 0 Å². The zero-order valence-corrected chi connectivity index (χ0v) is 31.5. The van der Waals surface area contributed by atoms with Crippen LogP contribution in [0.1, 0.15) is 194 Å². The molecular weight excluding hydrogens is 596 g/mol. The lowest BCUT2D eigenvalue weighted by Gasteiger charge is -2.15. The van der Waals surface area contributed by atoms with Gasteiger partial charge in [-0.25, -0.2) is 0 Å². The minimum absolute atomic E-state index is 0.0724. The number of esters is 2. The van der Waals surface area contributed by atoms with Crippen LogP contribution in [0.4, 0.5) is 0 Å². The van der Waals surface area contributed by atoms with E-state index in [1.54, 1.807) is 0 Å². The summed E-state index contributed by atoms with van der Waals surface area (Å²) in [6.07, 6.45) is 48.8. The molecule has 1 atom stereocenters. The second-order valence-corrected chi connectivity index (χ2v) is 13.3. The molecule has 0 saturated heterocycles. The lowest BCUT2D eigenvalue weighted by molar-refractivity contribution is -0.161. The van der Waals surface area contributed by atoms with Crippen molar-refractivity contribution in [2.24, 2.45) is 0 Å². The molecule has 0 spiro atoms. The summed E-state index contributed by atoms with van der Waals surface area (Å²) in [5.74, 6) is -0.607. The molecule has 5 nitrogen and oxygen atoms in total. The maximum absolute atomic E-state index is 12.2. The van der Waals surface area contributed by atoms with E-state index < -0.39 is 6.10 Å². The number of unbranched alkanes of at least 4 members (excludes halogenated alkanes) is 20. The number of hydrogen-bond donors (Lipinski definition) is 1. The molecule has 5 heteroatoms. The Kier molecular flexibility index (Phi) is 37.5. The summed E-state index contributed by atoms with van der Waals surface area (Å²) in [5, 5.41) is 9.56. The molecular formula is C43H76O5. The van der Waals surface area contributed by atoms with Crippen LogP contribution >= 0.6 is 0 Å². The third-order valence-corrected chi connectivity index (χ3v) is 8.61. The number of hydrogen-bond acceptors (Lipinski definition) is 5. The molecule has 0 aromatic carbocycles. The van der Waals surface area contributed by atoms with E-state index in [-0.39, 0.29) is 25.2 Å². The van der Waals surface area contributed by atoms with Crippen LogP contribution in [0.3, 0.4) is 0 Å². The largest absolute Gasteiger partial charge is 0.462 e. The number of aliphatic hydroxyl groups excluding tert-OH is 1. The van der Waals surface area contributed by atoms with E-state index in [9.17, 15) is 14.7 Å². The van der Waals surface area contributed by atoms with Crippen molar-refractivity contribution in [3.63, 3.8) is 0 Å². The number of aliphatic hydroxyl groups is 1. The van der Waals surface area contributed by atoms with Crippen LogP contribution in [0.25, 0.3) is 0 Å².